The van der Waals surface area contributed by atoms with Gasteiger partial charge in [0.05, 0.1) is 6.10 Å². The lowest BCUT2D eigenvalue weighted by Gasteiger charge is -2.58. The van der Waals surface area contributed by atoms with Crippen LogP contribution in [0.3, 0.4) is 0 Å². The first-order chi connectivity index (χ1) is 21.1. The summed E-state index contributed by atoms with van der Waals surface area (Å²) in [5.74, 6) is 2.49. The van der Waals surface area contributed by atoms with Crippen LogP contribution in [0.1, 0.15) is 163 Å². The average Bonchev–Trinajstić information content (AvgIpc) is 3.18. The molecule has 2 N–H and O–H groups in total. The fourth-order valence-electron chi connectivity index (χ4n) is 9.36. The highest BCUT2D eigenvalue weighted by Gasteiger charge is 2.60. The van der Waals surface area contributed by atoms with E-state index in [1.165, 1.54) is 95.5 Å². The molecule has 3 saturated carbocycles. The number of rotatable bonds is 14. The number of alkyl halides is 4. The number of carboxylic acid groups (broad SMARTS) is 1. The van der Waals surface area contributed by atoms with Gasteiger partial charge >= 0.3 is 5.97 Å². The first-order valence-electron chi connectivity index (χ1n) is 18.0. The molecule has 4 aliphatic carbocycles. The van der Waals surface area contributed by atoms with Gasteiger partial charge in [-0.1, -0.05) is 157 Å². The van der Waals surface area contributed by atoms with E-state index < -0.39 is 9.22 Å². The number of ketones is 1. The zero-order chi connectivity index (χ0) is 33.7. The Hall–Kier alpha value is -0.000000000000000111. The molecule has 262 valence electrons. The number of allylic oxidation sites excluding steroid dienone is 1. The number of aliphatic carboxylic acids is 1. The normalized spacial score (nSPS) is 32.2. The van der Waals surface area contributed by atoms with Crippen molar-refractivity contribution in [2.45, 2.75) is 172 Å². The van der Waals surface area contributed by atoms with Crippen LogP contribution in [0.15, 0.2) is 11.6 Å². The van der Waals surface area contributed by atoms with Gasteiger partial charge in [-0.05, 0) is 85.5 Å². The number of carboxylic acids is 1. The van der Waals surface area contributed by atoms with Gasteiger partial charge in [0, 0.05) is 12.8 Å². The van der Waals surface area contributed by atoms with Gasteiger partial charge in [0.1, 0.15) is 0 Å². The van der Waals surface area contributed by atoms with Crippen LogP contribution in [0.5, 0.6) is 0 Å². The Bertz CT molecular complexity index is 928. The van der Waals surface area contributed by atoms with Crippen molar-refractivity contribution in [3.8, 4) is 0 Å². The van der Waals surface area contributed by atoms with E-state index in [1.807, 2.05) is 6.08 Å². The Morgan fingerprint density at radius 3 is 1.89 bits per heavy atom. The first kappa shape index (κ1) is 41.2. The van der Waals surface area contributed by atoms with Crippen molar-refractivity contribution in [3.05, 3.63) is 11.6 Å². The number of halogens is 4. The molecule has 3 fully saturated rings. The van der Waals surface area contributed by atoms with Crippen molar-refractivity contribution in [3.63, 3.8) is 0 Å². The second-order valence-electron chi connectivity index (χ2n) is 15.0. The molecule has 0 aromatic rings. The summed E-state index contributed by atoms with van der Waals surface area (Å²) in [5.41, 5.74) is 1.84. The SMILES string of the molecule is CC1C[C@H](O)[C@@]2(C)CC[C@H]3[C@@H](CCC4=CC(=O)CC[C@@]43C)[C@H]12.CCCCCCCCCCCCCCCC(=O)O.ClC(Cl)(Cl)Cl. The van der Waals surface area contributed by atoms with E-state index in [9.17, 15) is 14.7 Å². The van der Waals surface area contributed by atoms with Crippen LogP contribution in [0.2, 0.25) is 0 Å². The van der Waals surface area contributed by atoms with Crippen molar-refractivity contribution in [1.29, 1.82) is 0 Å². The molecule has 0 spiro atoms. The maximum atomic E-state index is 11.8. The summed E-state index contributed by atoms with van der Waals surface area (Å²) >= 11 is 19.3. The molecule has 8 heteroatoms. The third-order valence-electron chi connectivity index (χ3n) is 11.7. The molecule has 7 atom stereocenters. The third-order valence-corrected chi connectivity index (χ3v) is 11.7. The predicted molar refractivity (Wildman–Crippen MR) is 191 cm³/mol. The van der Waals surface area contributed by atoms with E-state index >= 15 is 0 Å². The van der Waals surface area contributed by atoms with Gasteiger partial charge in [-0.25, -0.2) is 0 Å². The maximum Gasteiger partial charge on any atom is 0.303 e. The summed E-state index contributed by atoms with van der Waals surface area (Å²) in [4.78, 5) is 22.1. The van der Waals surface area contributed by atoms with E-state index in [4.69, 9.17) is 51.5 Å². The fraction of sp³-hybridized carbons (Fsp3) is 0.892. The van der Waals surface area contributed by atoms with Gasteiger partial charge in [-0.3, -0.25) is 9.59 Å². The molecule has 4 rings (SSSR count). The molecular formula is C37H62Cl4O4. The van der Waals surface area contributed by atoms with Crippen molar-refractivity contribution in [1.82, 2.24) is 0 Å². The topological polar surface area (TPSA) is 74.6 Å². The Labute approximate surface area is 294 Å². The number of unbranched alkanes of at least 4 members (excludes halogenated alkanes) is 12. The van der Waals surface area contributed by atoms with Gasteiger partial charge in [0.2, 0.25) is 0 Å². The van der Waals surface area contributed by atoms with Crippen molar-refractivity contribution in [2.24, 2.45) is 34.5 Å². The van der Waals surface area contributed by atoms with E-state index in [2.05, 4.69) is 27.7 Å². The van der Waals surface area contributed by atoms with E-state index in [0.717, 1.165) is 50.4 Å². The number of hydrogen-bond donors (Lipinski definition) is 2. The number of aliphatic hydroxyl groups excluding tert-OH is 1. The first-order valence-corrected chi connectivity index (χ1v) is 19.5. The molecule has 0 aliphatic heterocycles. The smallest absolute Gasteiger partial charge is 0.303 e. The van der Waals surface area contributed by atoms with E-state index in [0.29, 0.717) is 24.0 Å². The Morgan fingerprint density at radius 1 is 0.867 bits per heavy atom. The van der Waals surface area contributed by atoms with Crippen LogP contribution >= 0.6 is 46.4 Å². The van der Waals surface area contributed by atoms with Crippen LogP contribution in [-0.4, -0.2) is 31.3 Å². The standard InChI is InChI=1S/C20H30O2.C16H32O2.CCl4/c1-12-10-17(22)20(3)9-7-16-15(18(12)20)5-4-13-11-14(21)6-8-19(13,16)2;1-2-3-4-5-6-7-8-9-10-11-12-13-14-15-16(17)18;2-1(3,4)5/h11-12,15-18,22H,4-10H2,1-3H3;2-15H2,1H3,(H,17,18);/t12?,15-,16+,17+,18+,19+,20-;;/m1../s1. The number of aliphatic hydroxyl groups is 1. The van der Waals surface area contributed by atoms with Gasteiger partial charge in [0.25, 0.3) is 3.25 Å². The van der Waals surface area contributed by atoms with Crippen molar-refractivity contribution in [2.75, 3.05) is 0 Å². The van der Waals surface area contributed by atoms with Crippen LogP contribution < -0.4 is 0 Å². The summed E-state index contributed by atoms with van der Waals surface area (Å²) in [6, 6.07) is 0. The maximum absolute atomic E-state index is 11.8. The lowest BCUT2D eigenvalue weighted by Crippen LogP contribution is -2.52. The van der Waals surface area contributed by atoms with Gasteiger partial charge < -0.3 is 10.2 Å². The lowest BCUT2D eigenvalue weighted by atomic mass is 9.46. The second-order valence-corrected chi connectivity index (χ2v) is 18.4. The minimum absolute atomic E-state index is 0.105. The van der Waals surface area contributed by atoms with Gasteiger partial charge in [-0.15, -0.1) is 0 Å². The molecule has 45 heavy (non-hydrogen) atoms. The summed E-state index contributed by atoms with van der Waals surface area (Å²) in [5, 5.41) is 19.1. The average molecular weight is 713 g/mol. The number of carbonyl (C=O) groups is 2. The minimum atomic E-state index is -1.61. The molecule has 0 amide bonds. The molecule has 0 bridgehead atoms. The molecule has 0 saturated heterocycles. The highest BCUT2D eigenvalue weighted by Crippen LogP contribution is 2.66. The number of hydrogen-bond acceptors (Lipinski definition) is 3. The minimum Gasteiger partial charge on any atom is -0.481 e. The zero-order valence-corrected chi connectivity index (χ0v) is 31.6. The van der Waals surface area contributed by atoms with Crippen molar-refractivity contribution < 1.29 is 19.8 Å². The summed E-state index contributed by atoms with van der Waals surface area (Å²) in [6.45, 7) is 9.40. The summed E-state index contributed by atoms with van der Waals surface area (Å²) in [6.07, 6.45) is 26.7. The van der Waals surface area contributed by atoms with Crippen LogP contribution in [0, 0.1) is 34.5 Å². The molecule has 4 nitrogen and oxygen atoms in total. The van der Waals surface area contributed by atoms with E-state index in [-0.39, 0.29) is 16.9 Å². The number of carbonyl (C=O) groups excluding carboxylic acids is 1. The molecule has 0 aromatic heterocycles. The molecular weight excluding hydrogens is 650 g/mol. The highest BCUT2D eigenvalue weighted by atomic mass is 35.6. The summed E-state index contributed by atoms with van der Waals surface area (Å²) < 4.78 is -1.61. The predicted octanol–water partition coefficient (Wildman–Crippen LogP) is 12.2. The quantitative estimate of drug-likeness (QED) is 0.139. The second kappa shape index (κ2) is 19.9. The largest absolute Gasteiger partial charge is 0.481 e. The van der Waals surface area contributed by atoms with Gasteiger partial charge in [-0.2, -0.15) is 0 Å². The van der Waals surface area contributed by atoms with Crippen LogP contribution in [-0.2, 0) is 9.59 Å². The fourth-order valence-corrected chi connectivity index (χ4v) is 9.36. The van der Waals surface area contributed by atoms with Crippen molar-refractivity contribution >= 4 is 58.2 Å². The monoisotopic (exact) mass is 710 g/mol. The van der Waals surface area contributed by atoms with Gasteiger partial charge in [0.15, 0.2) is 5.78 Å². The molecule has 0 radical (unpaired) electrons. The zero-order valence-electron chi connectivity index (χ0n) is 28.5. The summed E-state index contributed by atoms with van der Waals surface area (Å²) in [7, 11) is 0. The molecule has 0 aromatic carbocycles. The van der Waals surface area contributed by atoms with Crippen LogP contribution in [0.25, 0.3) is 0 Å². The Morgan fingerprint density at radius 2 is 1.38 bits per heavy atom. The number of fused-ring (bicyclic) bond motifs is 5. The highest BCUT2D eigenvalue weighted by molar-refractivity contribution is 6.83. The molecule has 4 aliphatic rings. The Balaban J connectivity index is 0.000000279. The van der Waals surface area contributed by atoms with Crippen LogP contribution in [0.4, 0.5) is 0 Å². The molecule has 1 unspecified atom stereocenters. The molecule has 0 heterocycles. The Kier molecular flexibility index (Phi) is 18.2. The lowest BCUT2D eigenvalue weighted by molar-refractivity contribution is -0.137. The third kappa shape index (κ3) is 13.4. The van der Waals surface area contributed by atoms with E-state index in [1.54, 1.807) is 0 Å².